The smallest absolute Gasteiger partial charge is 0.0593 e. The molecule has 2 heterocycles. The normalized spacial score (nSPS) is 22.9. The predicted octanol–water partition coefficient (Wildman–Crippen LogP) is 2.42. The van der Waals surface area contributed by atoms with Crippen LogP contribution in [0.1, 0.15) is 57.3 Å². The standard InChI is InChI=1S/C13H23N3O/c1-10(2)16-13(6-7-15-16)12(14)9-11-5-3-4-8-17-11/h6-7,10-12H,3-5,8-9,14H2,1-2H3. The summed E-state index contributed by atoms with van der Waals surface area (Å²) in [5.41, 5.74) is 7.39. The van der Waals surface area contributed by atoms with E-state index in [0.29, 0.717) is 12.1 Å². The predicted molar refractivity (Wildman–Crippen MR) is 67.7 cm³/mol. The van der Waals surface area contributed by atoms with E-state index in [-0.39, 0.29) is 6.04 Å². The van der Waals surface area contributed by atoms with Gasteiger partial charge in [-0.15, -0.1) is 0 Å². The zero-order chi connectivity index (χ0) is 12.3. The molecule has 1 aromatic heterocycles. The first kappa shape index (κ1) is 12.6. The lowest BCUT2D eigenvalue weighted by Crippen LogP contribution is -2.26. The Kier molecular flexibility index (Phi) is 4.18. The van der Waals surface area contributed by atoms with E-state index < -0.39 is 0 Å². The van der Waals surface area contributed by atoms with E-state index in [1.165, 1.54) is 12.8 Å². The number of nitrogens with zero attached hydrogens (tertiary/aromatic N) is 2. The molecule has 2 unspecified atom stereocenters. The van der Waals surface area contributed by atoms with Crippen LogP contribution in [0.15, 0.2) is 12.3 Å². The van der Waals surface area contributed by atoms with E-state index in [1.807, 2.05) is 16.9 Å². The van der Waals surface area contributed by atoms with Crippen LogP contribution in [-0.4, -0.2) is 22.5 Å². The Labute approximate surface area is 103 Å². The van der Waals surface area contributed by atoms with Crippen LogP contribution in [0.2, 0.25) is 0 Å². The highest BCUT2D eigenvalue weighted by atomic mass is 16.5. The maximum Gasteiger partial charge on any atom is 0.0593 e. The van der Waals surface area contributed by atoms with Gasteiger partial charge in [0.25, 0.3) is 0 Å². The van der Waals surface area contributed by atoms with Crippen molar-refractivity contribution in [1.82, 2.24) is 9.78 Å². The molecule has 0 bridgehead atoms. The van der Waals surface area contributed by atoms with Gasteiger partial charge in [0.1, 0.15) is 0 Å². The molecule has 0 radical (unpaired) electrons. The van der Waals surface area contributed by atoms with Crippen molar-refractivity contribution in [2.45, 2.75) is 57.7 Å². The molecule has 1 aliphatic rings. The summed E-state index contributed by atoms with van der Waals surface area (Å²) in [4.78, 5) is 0. The van der Waals surface area contributed by atoms with Crippen molar-refractivity contribution >= 4 is 0 Å². The molecule has 0 aromatic carbocycles. The van der Waals surface area contributed by atoms with Gasteiger partial charge >= 0.3 is 0 Å². The minimum Gasteiger partial charge on any atom is -0.378 e. The van der Waals surface area contributed by atoms with Gasteiger partial charge in [0.15, 0.2) is 0 Å². The first-order valence-electron chi connectivity index (χ1n) is 6.59. The van der Waals surface area contributed by atoms with Gasteiger partial charge < -0.3 is 10.5 Å². The topological polar surface area (TPSA) is 53.1 Å². The molecular formula is C13H23N3O. The van der Waals surface area contributed by atoms with E-state index in [0.717, 1.165) is 25.1 Å². The number of rotatable bonds is 4. The number of hydrogen-bond acceptors (Lipinski definition) is 3. The third kappa shape index (κ3) is 3.07. The lowest BCUT2D eigenvalue weighted by atomic mass is 10.0. The zero-order valence-corrected chi connectivity index (χ0v) is 10.8. The second-order valence-corrected chi connectivity index (χ2v) is 5.13. The molecule has 1 aliphatic heterocycles. The molecule has 1 saturated heterocycles. The van der Waals surface area contributed by atoms with E-state index in [2.05, 4.69) is 18.9 Å². The van der Waals surface area contributed by atoms with Gasteiger partial charge in [-0.05, 0) is 45.6 Å². The summed E-state index contributed by atoms with van der Waals surface area (Å²) in [7, 11) is 0. The number of nitrogens with two attached hydrogens (primary N) is 1. The van der Waals surface area contributed by atoms with E-state index in [4.69, 9.17) is 10.5 Å². The van der Waals surface area contributed by atoms with Crippen LogP contribution in [0.5, 0.6) is 0 Å². The van der Waals surface area contributed by atoms with Crippen molar-refractivity contribution in [3.8, 4) is 0 Å². The van der Waals surface area contributed by atoms with E-state index >= 15 is 0 Å². The lowest BCUT2D eigenvalue weighted by Gasteiger charge is -2.26. The molecule has 17 heavy (non-hydrogen) atoms. The maximum absolute atomic E-state index is 6.27. The van der Waals surface area contributed by atoms with Crippen molar-refractivity contribution in [2.24, 2.45) is 5.73 Å². The van der Waals surface area contributed by atoms with Gasteiger partial charge in [-0.25, -0.2) is 0 Å². The van der Waals surface area contributed by atoms with Crippen LogP contribution in [0.3, 0.4) is 0 Å². The molecule has 1 aromatic rings. The Bertz CT molecular complexity index is 342. The second-order valence-electron chi connectivity index (χ2n) is 5.13. The fourth-order valence-electron chi connectivity index (χ4n) is 2.45. The van der Waals surface area contributed by atoms with E-state index in [1.54, 1.807) is 0 Å². The summed E-state index contributed by atoms with van der Waals surface area (Å²) >= 11 is 0. The third-order valence-electron chi connectivity index (χ3n) is 3.36. The van der Waals surface area contributed by atoms with Crippen LogP contribution in [0, 0.1) is 0 Å². The van der Waals surface area contributed by atoms with Gasteiger partial charge in [0, 0.05) is 24.9 Å². The quantitative estimate of drug-likeness (QED) is 0.875. The average molecular weight is 237 g/mol. The summed E-state index contributed by atoms with van der Waals surface area (Å²) in [5, 5.41) is 4.33. The molecular weight excluding hydrogens is 214 g/mol. The Morgan fingerprint density at radius 2 is 2.35 bits per heavy atom. The Balaban J connectivity index is 1.98. The van der Waals surface area contributed by atoms with Crippen LogP contribution >= 0.6 is 0 Å². The van der Waals surface area contributed by atoms with Gasteiger partial charge in [0.05, 0.1) is 11.8 Å². The molecule has 96 valence electrons. The first-order chi connectivity index (χ1) is 8.18. The van der Waals surface area contributed by atoms with Crippen LogP contribution in [0.25, 0.3) is 0 Å². The summed E-state index contributed by atoms with van der Waals surface area (Å²) < 4.78 is 7.74. The average Bonchev–Trinajstić information content (AvgIpc) is 2.79. The SMILES string of the molecule is CC(C)n1nccc1C(N)CC1CCCCO1. The summed E-state index contributed by atoms with van der Waals surface area (Å²) in [6.07, 6.45) is 6.66. The van der Waals surface area contributed by atoms with Crippen molar-refractivity contribution in [1.29, 1.82) is 0 Å². The maximum atomic E-state index is 6.27. The fraction of sp³-hybridized carbons (Fsp3) is 0.769. The summed E-state index contributed by atoms with van der Waals surface area (Å²) in [5.74, 6) is 0. The van der Waals surface area contributed by atoms with Gasteiger partial charge in [-0.1, -0.05) is 0 Å². The van der Waals surface area contributed by atoms with Crippen molar-refractivity contribution in [3.05, 3.63) is 18.0 Å². The molecule has 1 fully saturated rings. The first-order valence-corrected chi connectivity index (χ1v) is 6.59. The Hall–Kier alpha value is -0.870. The van der Waals surface area contributed by atoms with Crippen molar-refractivity contribution in [3.63, 3.8) is 0 Å². The fourth-order valence-corrected chi connectivity index (χ4v) is 2.45. The number of ether oxygens (including phenoxy) is 1. The van der Waals surface area contributed by atoms with Gasteiger partial charge in [-0.2, -0.15) is 5.10 Å². The molecule has 4 heteroatoms. The number of hydrogen-bond donors (Lipinski definition) is 1. The number of aromatic nitrogens is 2. The third-order valence-corrected chi connectivity index (χ3v) is 3.36. The highest BCUT2D eigenvalue weighted by Gasteiger charge is 2.21. The van der Waals surface area contributed by atoms with Gasteiger partial charge in [0.2, 0.25) is 0 Å². The molecule has 0 amide bonds. The monoisotopic (exact) mass is 237 g/mol. The molecule has 2 rings (SSSR count). The molecule has 2 atom stereocenters. The Morgan fingerprint density at radius 3 is 3.00 bits per heavy atom. The van der Waals surface area contributed by atoms with Crippen molar-refractivity contribution < 1.29 is 4.74 Å². The van der Waals surface area contributed by atoms with Crippen LogP contribution in [-0.2, 0) is 4.74 Å². The van der Waals surface area contributed by atoms with Crippen molar-refractivity contribution in [2.75, 3.05) is 6.61 Å². The molecule has 0 spiro atoms. The lowest BCUT2D eigenvalue weighted by molar-refractivity contribution is 0.00681. The summed E-state index contributed by atoms with van der Waals surface area (Å²) in [6, 6.07) is 2.41. The highest BCUT2D eigenvalue weighted by molar-refractivity contribution is 5.07. The largest absolute Gasteiger partial charge is 0.378 e. The van der Waals surface area contributed by atoms with Crippen LogP contribution < -0.4 is 5.73 Å². The minimum absolute atomic E-state index is 0.0306. The summed E-state index contributed by atoms with van der Waals surface area (Å²) in [6.45, 7) is 5.14. The molecule has 0 aliphatic carbocycles. The zero-order valence-electron chi connectivity index (χ0n) is 10.8. The molecule has 2 N–H and O–H groups in total. The van der Waals surface area contributed by atoms with Gasteiger partial charge in [-0.3, -0.25) is 4.68 Å². The minimum atomic E-state index is 0.0306. The van der Waals surface area contributed by atoms with Crippen LogP contribution in [0.4, 0.5) is 0 Å². The Morgan fingerprint density at radius 1 is 1.53 bits per heavy atom. The second kappa shape index (κ2) is 5.65. The molecule has 0 saturated carbocycles. The molecule has 4 nitrogen and oxygen atoms in total. The highest BCUT2D eigenvalue weighted by Crippen LogP contribution is 2.24. The van der Waals surface area contributed by atoms with E-state index in [9.17, 15) is 0 Å².